The lowest BCUT2D eigenvalue weighted by Gasteiger charge is -2.02. The van der Waals surface area contributed by atoms with Crippen LogP contribution < -0.4 is 5.32 Å². The number of aromatic nitrogens is 4. The molecule has 1 aromatic carbocycles. The van der Waals surface area contributed by atoms with Gasteiger partial charge in [-0.1, -0.05) is 29.3 Å². The number of carbonyl (C=O) groups is 1. The van der Waals surface area contributed by atoms with Gasteiger partial charge in [-0.3, -0.25) is 10.1 Å². The SMILES string of the molecule is Cc1ccc(C(=O)Nc2nc3nc(C)c(Cl)c(C)n3n2)cc1. The van der Waals surface area contributed by atoms with Gasteiger partial charge < -0.3 is 0 Å². The van der Waals surface area contributed by atoms with Crippen molar-refractivity contribution in [3.63, 3.8) is 0 Å². The van der Waals surface area contributed by atoms with Gasteiger partial charge in [0.1, 0.15) is 0 Å². The summed E-state index contributed by atoms with van der Waals surface area (Å²) in [6.45, 7) is 5.59. The van der Waals surface area contributed by atoms with E-state index in [0.717, 1.165) is 11.3 Å². The molecule has 0 aliphatic heterocycles. The van der Waals surface area contributed by atoms with E-state index in [0.29, 0.717) is 22.1 Å². The number of halogens is 1. The second-order valence-electron chi connectivity index (χ2n) is 5.06. The van der Waals surface area contributed by atoms with Crippen molar-refractivity contribution in [3.8, 4) is 0 Å². The van der Waals surface area contributed by atoms with Gasteiger partial charge in [0.15, 0.2) is 0 Å². The van der Waals surface area contributed by atoms with Crippen molar-refractivity contribution in [3.05, 3.63) is 51.8 Å². The third-order valence-corrected chi connectivity index (χ3v) is 3.90. The number of anilines is 1. The molecule has 0 aliphatic carbocycles. The molecule has 1 N–H and O–H groups in total. The van der Waals surface area contributed by atoms with Crippen LogP contribution in [0.5, 0.6) is 0 Å². The highest BCUT2D eigenvalue weighted by Crippen LogP contribution is 2.19. The molecule has 2 heterocycles. The number of aryl methyl sites for hydroxylation is 3. The topological polar surface area (TPSA) is 72.2 Å². The van der Waals surface area contributed by atoms with E-state index in [-0.39, 0.29) is 11.9 Å². The van der Waals surface area contributed by atoms with Crippen LogP contribution in [0.1, 0.15) is 27.3 Å². The zero-order valence-corrected chi connectivity index (χ0v) is 13.1. The number of amides is 1. The highest BCUT2D eigenvalue weighted by Gasteiger charge is 2.14. The van der Waals surface area contributed by atoms with Crippen LogP contribution in [-0.2, 0) is 0 Å². The number of fused-ring (bicyclic) bond motifs is 1. The monoisotopic (exact) mass is 315 g/mol. The van der Waals surface area contributed by atoms with E-state index in [4.69, 9.17) is 11.6 Å². The van der Waals surface area contributed by atoms with Gasteiger partial charge in [0.25, 0.3) is 17.6 Å². The average molecular weight is 316 g/mol. The van der Waals surface area contributed by atoms with Crippen LogP contribution >= 0.6 is 11.6 Å². The first-order chi connectivity index (χ1) is 10.5. The highest BCUT2D eigenvalue weighted by atomic mass is 35.5. The fraction of sp³-hybridized carbons (Fsp3) is 0.200. The average Bonchev–Trinajstić information content (AvgIpc) is 2.88. The van der Waals surface area contributed by atoms with Crippen LogP contribution in [-0.4, -0.2) is 25.5 Å². The summed E-state index contributed by atoms with van der Waals surface area (Å²) >= 11 is 6.14. The fourth-order valence-corrected chi connectivity index (χ4v) is 2.21. The summed E-state index contributed by atoms with van der Waals surface area (Å²) in [6.07, 6.45) is 0. The van der Waals surface area contributed by atoms with Crippen LogP contribution in [0.15, 0.2) is 24.3 Å². The zero-order valence-electron chi connectivity index (χ0n) is 12.4. The normalized spacial score (nSPS) is 10.9. The predicted octanol–water partition coefficient (Wildman–Crippen LogP) is 2.96. The van der Waals surface area contributed by atoms with Crippen molar-refractivity contribution in [1.82, 2.24) is 19.6 Å². The van der Waals surface area contributed by atoms with Gasteiger partial charge in [0.2, 0.25) is 0 Å². The molecule has 3 rings (SSSR count). The first-order valence-electron chi connectivity index (χ1n) is 6.73. The Morgan fingerprint density at radius 3 is 2.50 bits per heavy atom. The van der Waals surface area contributed by atoms with E-state index < -0.39 is 0 Å². The maximum absolute atomic E-state index is 12.2. The van der Waals surface area contributed by atoms with Gasteiger partial charge in [-0.25, -0.2) is 4.98 Å². The second-order valence-corrected chi connectivity index (χ2v) is 5.44. The number of nitrogens with zero attached hydrogens (tertiary/aromatic N) is 4. The van der Waals surface area contributed by atoms with Crippen molar-refractivity contribution in [2.45, 2.75) is 20.8 Å². The Balaban J connectivity index is 1.93. The molecule has 0 radical (unpaired) electrons. The summed E-state index contributed by atoms with van der Waals surface area (Å²) in [6, 6.07) is 7.26. The molecular weight excluding hydrogens is 302 g/mol. The van der Waals surface area contributed by atoms with Crippen LogP contribution in [0.2, 0.25) is 5.02 Å². The molecule has 2 aromatic heterocycles. The van der Waals surface area contributed by atoms with E-state index in [1.165, 1.54) is 4.52 Å². The van der Waals surface area contributed by atoms with Crippen LogP contribution in [0.25, 0.3) is 5.78 Å². The summed E-state index contributed by atoms with van der Waals surface area (Å²) in [4.78, 5) is 20.6. The molecule has 0 unspecified atom stereocenters. The Hall–Kier alpha value is -2.47. The predicted molar refractivity (Wildman–Crippen MR) is 84.4 cm³/mol. The summed E-state index contributed by atoms with van der Waals surface area (Å²) in [5.41, 5.74) is 3.04. The minimum Gasteiger partial charge on any atom is -0.289 e. The lowest BCUT2D eigenvalue weighted by molar-refractivity contribution is 0.102. The third kappa shape index (κ3) is 2.53. The van der Waals surface area contributed by atoms with Gasteiger partial charge in [-0.2, -0.15) is 9.50 Å². The number of benzene rings is 1. The maximum Gasteiger partial charge on any atom is 0.258 e. The molecular formula is C15H14ClN5O. The minimum absolute atomic E-state index is 0.197. The summed E-state index contributed by atoms with van der Waals surface area (Å²) in [7, 11) is 0. The van der Waals surface area contributed by atoms with E-state index in [1.54, 1.807) is 19.1 Å². The molecule has 0 saturated carbocycles. The standard InChI is InChI=1S/C15H14ClN5O/c1-8-4-6-11(7-5-8)13(22)18-14-19-15-17-9(2)12(16)10(3)21(15)20-14/h4-7H,1-3H3,(H,18,20,22). The van der Waals surface area contributed by atoms with Crippen molar-refractivity contribution in [2.75, 3.05) is 5.32 Å². The Labute approximate surface area is 132 Å². The zero-order chi connectivity index (χ0) is 15.9. The van der Waals surface area contributed by atoms with E-state index in [1.807, 2.05) is 26.0 Å². The second kappa shape index (κ2) is 5.38. The number of carbonyl (C=O) groups excluding carboxylic acids is 1. The molecule has 0 bridgehead atoms. The largest absolute Gasteiger partial charge is 0.289 e. The van der Waals surface area contributed by atoms with Crippen molar-refractivity contribution in [1.29, 1.82) is 0 Å². The van der Waals surface area contributed by atoms with Crippen molar-refractivity contribution >= 4 is 29.2 Å². The summed E-state index contributed by atoms with van der Waals surface area (Å²) < 4.78 is 1.51. The van der Waals surface area contributed by atoms with Crippen LogP contribution in [0, 0.1) is 20.8 Å². The van der Waals surface area contributed by atoms with Crippen LogP contribution in [0.4, 0.5) is 5.95 Å². The van der Waals surface area contributed by atoms with Gasteiger partial charge in [0.05, 0.1) is 16.4 Å². The van der Waals surface area contributed by atoms with E-state index in [2.05, 4.69) is 20.4 Å². The molecule has 7 heteroatoms. The quantitative estimate of drug-likeness (QED) is 0.789. The maximum atomic E-state index is 12.2. The fourth-order valence-electron chi connectivity index (χ4n) is 2.09. The highest BCUT2D eigenvalue weighted by molar-refractivity contribution is 6.31. The molecule has 6 nitrogen and oxygen atoms in total. The molecule has 0 aliphatic rings. The Morgan fingerprint density at radius 2 is 1.82 bits per heavy atom. The van der Waals surface area contributed by atoms with E-state index in [9.17, 15) is 4.79 Å². The lowest BCUT2D eigenvalue weighted by Crippen LogP contribution is -2.13. The first-order valence-corrected chi connectivity index (χ1v) is 7.11. The summed E-state index contributed by atoms with van der Waals surface area (Å²) in [5, 5.41) is 7.43. The molecule has 22 heavy (non-hydrogen) atoms. The van der Waals surface area contributed by atoms with Crippen molar-refractivity contribution in [2.24, 2.45) is 0 Å². The molecule has 3 aromatic rings. The molecule has 0 fully saturated rings. The number of nitrogens with one attached hydrogen (secondary N) is 1. The van der Waals surface area contributed by atoms with Crippen molar-refractivity contribution < 1.29 is 4.79 Å². The first kappa shape index (κ1) is 14.5. The van der Waals surface area contributed by atoms with Crippen LogP contribution in [0.3, 0.4) is 0 Å². The van der Waals surface area contributed by atoms with Gasteiger partial charge >= 0.3 is 0 Å². The molecule has 112 valence electrons. The number of hydrogen-bond donors (Lipinski definition) is 1. The van der Waals surface area contributed by atoms with Gasteiger partial charge in [-0.05, 0) is 32.9 Å². The van der Waals surface area contributed by atoms with Gasteiger partial charge in [-0.15, -0.1) is 5.10 Å². The Kier molecular flexibility index (Phi) is 3.54. The molecule has 1 amide bonds. The molecule has 0 atom stereocenters. The van der Waals surface area contributed by atoms with Gasteiger partial charge in [0, 0.05) is 5.56 Å². The number of rotatable bonds is 2. The van der Waals surface area contributed by atoms with E-state index >= 15 is 0 Å². The Bertz CT molecular complexity index is 870. The third-order valence-electron chi connectivity index (χ3n) is 3.35. The summed E-state index contributed by atoms with van der Waals surface area (Å²) in [5.74, 6) is 0.331. The smallest absolute Gasteiger partial charge is 0.258 e. The minimum atomic E-state index is -0.267. The molecule has 0 spiro atoms. The lowest BCUT2D eigenvalue weighted by atomic mass is 10.1. The molecule has 0 saturated heterocycles. The number of hydrogen-bond acceptors (Lipinski definition) is 4. The Morgan fingerprint density at radius 1 is 1.14 bits per heavy atom.